The van der Waals surface area contributed by atoms with Gasteiger partial charge in [0.1, 0.15) is 24.2 Å². The SMILES string of the molecule is CCNC(=O)C[C@@H]1N=C(c2ccc(Cl)cc2)c2cc(OCCOCCOCCOCCOCCN)ccc2-n2c(C)nnc21. The Kier molecular flexibility index (Phi) is 13.5. The molecule has 1 aliphatic heterocycles. The highest BCUT2D eigenvalue weighted by atomic mass is 35.5. The van der Waals surface area contributed by atoms with Gasteiger partial charge in [-0.1, -0.05) is 23.7 Å². The van der Waals surface area contributed by atoms with Crippen LogP contribution in [-0.2, 0) is 23.7 Å². The van der Waals surface area contributed by atoms with Crippen LogP contribution in [0.5, 0.6) is 5.75 Å². The van der Waals surface area contributed by atoms with Crippen LogP contribution < -0.4 is 15.8 Å². The molecule has 2 aromatic carbocycles. The number of hydrogen-bond donors (Lipinski definition) is 2. The molecule has 0 spiro atoms. The predicted molar refractivity (Wildman–Crippen MR) is 167 cm³/mol. The van der Waals surface area contributed by atoms with E-state index in [2.05, 4.69) is 15.5 Å². The van der Waals surface area contributed by atoms with E-state index in [0.717, 1.165) is 16.8 Å². The van der Waals surface area contributed by atoms with Crippen LogP contribution in [0.15, 0.2) is 47.5 Å². The van der Waals surface area contributed by atoms with Crippen molar-refractivity contribution < 1.29 is 28.5 Å². The highest BCUT2D eigenvalue weighted by molar-refractivity contribution is 6.30. The molecule has 0 saturated carbocycles. The highest BCUT2D eigenvalue weighted by Crippen LogP contribution is 2.34. The summed E-state index contributed by atoms with van der Waals surface area (Å²) in [4.78, 5) is 17.7. The molecular formula is C31H41ClN6O6. The zero-order valence-electron chi connectivity index (χ0n) is 25.3. The van der Waals surface area contributed by atoms with Gasteiger partial charge >= 0.3 is 0 Å². The van der Waals surface area contributed by atoms with Crippen molar-refractivity contribution in [2.24, 2.45) is 10.7 Å². The van der Waals surface area contributed by atoms with Crippen LogP contribution in [0.4, 0.5) is 0 Å². The molecule has 3 N–H and O–H groups in total. The minimum absolute atomic E-state index is 0.109. The Bertz CT molecular complexity index is 1370. The molecule has 3 aromatic rings. The minimum Gasteiger partial charge on any atom is -0.491 e. The normalized spacial score (nSPS) is 14.0. The molecule has 1 atom stereocenters. The quantitative estimate of drug-likeness (QED) is 0.191. The first kappa shape index (κ1) is 33.5. The van der Waals surface area contributed by atoms with E-state index in [1.54, 1.807) is 0 Å². The van der Waals surface area contributed by atoms with Gasteiger partial charge in [-0.05, 0) is 44.2 Å². The number of ether oxygens (including phenoxy) is 5. The summed E-state index contributed by atoms with van der Waals surface area (Å²) in [5.74, 6) is 1.85. The van der Waals surface area contributed by atoms with Crippen molar-refractivity contribution in [1.82, 2.24) is 20.1 Å². The standard InChI is InChI=1S/C31H41ClN6O6/c1-3-34-29(39)21-27-31-37-36-22(2)38(31)28-9-8-25(20-26(28)30(35-27)23-4-6-24(32)7-5-23)44-19-18-43-17-16-42-15-14-41-13-12-40-11-10-33/h4-9,20,27H,3,10-19,21,33H2,1-2H3,(H,34,39)/t27-/m0/s1. The largest absolute Gasteiger partial charge is 0.491 e. The molecule has 0 saturated heterocycles. The molecule has 2 heterocycles. The fourth-order valence-electron chi connectivity index (χ4n) is 4.65. The average Bonchev–Trinajstić information content (AvgIpc) is 3.34. The summed E-state index contributed by atoms with van der Waals surface area (Å²) < 4.78 is 29.9. The summed E-state index contributed by atoms with van der Waals surface area (Å²) in [6.45, 7) is 9.04. The number of carbonyl (C=O) groups excluding carboxylic acids is 1. The van der Waals surface area contributed by atoms with Gasteiger partial charge in [-0.25, -0.2) is 0 Å². The molecule has 0 aliphatic carbocycles. The predicted octanol–water partition coefficient (Wildman–Crippen LogP) is 3.05. The van der Waals surface area contributed by atoms with Crippen molar-refractivity contribution in [3.05, 3.63) is 70.3 Å². The number of halogens is 1. The van der Waals surface area contributed by atoms with E-state index >= 15 is 0 Å². The van der Waals surface area contributed by atoms with Gasteiger partial charge in [-0.2, -0.15) is 0 Å². The van der Waals surface area contributed by atoms with Gasteiger partial charge in [0.25, 0.3) is 0 Å². The fourth-order valence-corrected chi connectivity index (χ4v) is 4.77. The first-order valence-corrected chi connectivity index (χ1v) is 15.2. The zero-order chi connectivity index (χ0) is 31.1. The third kappa shape index (κ3) is 9.55. The van der Waals surface area contributed by atoms with Crippen LogP contribution in [0.1, 0.15) is 42.2 Å². The number of carbonyl (C=O) groups is 1. The van der Waals surface area contributed by atoms with Crippen LogP contribution in [0.2, 0.25) is 5.02 Å². The third-order valence-corrected chi connectivity index (χ3v) is 6.89. The lowest BCUT2D eigenvalue weighted by molar-refractivity contribution is -0.121. The lowest BCUT2D eigenvalue weighted by atomic mass is 10.00. The van der Waals surface area contributed by atoms with Crippen molar-refractivity contribution in [2.75, 3.05) is 72.6 Å². The number of fused-ring (bicyclic) bond motifs is 3. The molecule has 1 aromatic heterocycles. The number of nitrogens with zero attached hydrogens (tertiary/aromatic N) is 4. The number of aliphatic imine (C=N–C) groups is 1. The lowest BCUT2D eigenvalue weighted by Gasteiger charge is -2.15. The van der Waals surface area contributed by atoms with Crippen LogP contribution in [0, 0.1) is 6.92 Å². The second kappa shape index (κ2) is 17.8. The number of amides is 1. The smallest absolute Gasteiger partial charge is 0.222 e. The molecule has 238 valence electrons. The molecule has 0 unspecified atom stereocenters. The summed E-state index contributed by atoms with van der Waals surface area (Å²) in [6.07, 6.45) is 0.138. The van der Waals surface area contributed by atoms with E-state index in [9.17, 15) is 4.79 Å². The molecule has 1 amide bonds. The van der Waals surface area contributed by atoms with Gasteiger partial charge in [0.15, 0.2) is 5.82 Å². The molecule has 0 radical (unpaired) electrons. The van der Waals surface area contributed by atoms with E-state index < -0.39 is 6.04 Å². The van der Waals surface area contributed by atoms with Crippen LogP contribution in [-0.4, -0.2) is 98.9 Å². The molecule has 13 heteroatoms. The number of rotatable bonds is 19. The van der Waals surface area contributed by atoms with Gasteiger partial charge in [0.2, 0.25) is 5.91 Å². The van der Waals surface area contributed by atoms with E-state index in [1.165, 1.54) is 0 Å². The maximum absolute atomic E-state index is 12.7. The van der Waals surface area contributed by atoms with Crippen LogP contribution >= 0.6 is 11.6 Å². The summed E-state index contributed by atoms with van der Waals surface area (Å²) in [6, 6.07) is 12.8. The highest BCUT2D eigenvalue weighted by Gasteiger charge is 2.30. The number of nitrogens with one attached hydrogen (secondary N) is 1. The maximum Gasteiger partial charge on any atom is 0.222 e. The van der Waals surface area contributed by atoms with E-state index in [0.29, 0.717) is 101 Å². The Hall–Kier alpha value is -3.39. The Morgan fingerprint density at radius 1 is 0.909 bits per heavy atom. The zero-order valence-corrected chi connectivity index (χ0v) is 26.1. The molecule has 12 nitrogen and oxygen atoms in total. The number of benzene rings is 2. The summed E-state index contributed by atoms with van der Waals surface area (Å²) in [7, 11) is 0. The first-order chi connectivity index (χ1) is 21.5. The Morgan fingerprint density at radius 3 is 2.18 bits per heavy atom. The Morgan fingerprint density at radius 2 is 1.55 bits per heavy atom. The second-order valence-electron chi connectivity index (χ2n) is 9.86. The second-order valence-corrected chi connectivity index (χ2v) is 10.3. The van der Waals surface area contributed by atoms with Gasteiger partial charge in [0.05, 0.1) is 70.7 Å². The number of hydrogen-bond acceptors (Lipinski definition) is 10. The van der Waals surface area contributed by atoms with Crippen molar-refractivity contribution in [2.45, 2.75) is 26.3 Å². The van der Waals surface area contributed by atoms with E-state index in [-0.39, 0.29) is 12.3 Å². The molecular weight excluding hydrogens is 588 g/mol. The van der Waals surface area contributed by atoms with Crippen molar-refractivity contribution in [1.29, 1.82) is 0 Å². The monoisotopic (exact) mass is 628 g/mol. The fraction of sp³-hybridized carbons (Fsp3) is 0.484. The van der Waals surface area contributed by atoms with Gasteiger partial charge < -0.3 is 34.7 Å². The molecule has 1 aliphatic rings. The summed E-state index contributed by atoms with van der Waals surface area (Å²) in [5.41, 5.74) is 8.61. The molecule has 0 bridgehead atoms. The van der Waals surface area contributed by atoms with Crippen molar-refractivity contribution >= 4 is 23.2 Å². The van der Waals surface area contributed by atoms with Gasteiger partial charge in [0, 0.05) is 29.2 Å². The summed E-state index contributed by atoms with van der Waals surface area (Å²) in [5, 5.41) is 12.2. The van der Waals surface area contributed by atoms with Crippen LogP contribution in [0.3, 0.4) is 0 Å². The van der Waals surface area contributed by atoms with Gasteiger partial charge in [-0.15, -0.1) is 10.2 Å². The van der Waals surface area contributed by atoms with Crippen LogP contribution in [0.25, 0.3) is 5.69 Å². The number of aromatic nitrogens is 3. The van der Waals surface area contributed by atoms with Gasteiger partial charge in [-0.3, -0.25) is 14.4 Å². The lowest BCUT2D eigenvalue weighted by Crippen LogP contribution is -2.25. The number of nitrogens with two attached hydrogens (primary N) is 1. The molecule has 0 fully saturated rings. The van der Waals surface area contributed by atoms with E-state index in [4.69, 9.17) is 46.0 Å². The average molecular weight is 629 g/mol. The topological polar surface area (TPSA) is 144 Å². The van der Waals surface area contributed by atoms with Crippen molar-refractivity contribution in [3.63, 3.8) is 0 Å². The molecule has 44 heavy (non-hydrogen) atoms. The number of aryl methyl sites for hydroxylation is 1. The Labute approximate surface area is 262 Å². The third-order valence-electron chi connectivity index (χ3n) is 6.64. The molecule has 4 rings (SSSR count). The summed E-state index contributed by atoms with van der Waals surface area (Å²) >= 11 is 6.20. The maximum atomic E-state index is 12.7. The Balaban J connectivity index is 1.39. The van der Waals surface area contributed by atoms with Crippen molar-refractivity contribution in [3.8, 4) is 11.4 Å². The van der Waals surface area contributed by atoms with E-state index in [1.807, 2.05) is 60.9 Å². The minimum atomic E-state index is -0.539. The first-order valence-electron chi connectivity index (χ1n) is 14.8.